The van der Waals surface area contributed by atoms with Crippen molar-refractivity contribution in [3.05, 3.63) is 29.8 Å². The van der Waals surface area contributed by atoms with Gasteiger partial charge in [-0.05, 0) is 25.0 Å². The quantitative estimate of drug-likeness (QED) is 0.586. The van der Waals surface area contributed by atoms with Crippen LogP contribution in [-0.2, 0) is 14.8 Å². The topological polar surface area (TPSA) is 81.4 Å². The molecule has 0 bridgehead atoms. The summed E-state index contributed by atoms with van der Waals surface area (Å²) in [6.45, 7) is 0.671. The average molecular weight is 328 g/mol. The third-order valence-electron chi connectivity index (χ3n) is 3.50. The number of sulfonamides is 1. The summed E-state index contributed by atoms with van der Waals surface area (Å²) in [5.41, 5.74) is 6.13. The highest BCUT2D eigenvalue weighted by Crippen LogP contribution is 2.20. The van der Waals surface area contributed by atoms with Crippen LogP contribution >= 0.6 is 12.2 Å². The fraction of sp³-hybridized carbons (Fsp3) is 0.500. The van der Waals surface area contributed by atoms with Gasteiger partial charge in [-0.25, -0.2) is 13.1 Å². The molecule has 1 aliphatic carbocycles. The summed E-state index contributed by atoms with van der Waals surface area (Å²) >= 11 is 4.83. The summed E-state index contributed by atoms with van der Waals surface area (Å²) in [6.07, 6.45) is 4.84. The molecule has 0 heterocycles. The monoisotopic (exact) mass is 328 g/mol. The van der Waals surface area contributed by atoms with Crippen molar-refractivity contribution in [3.63, 3.8) is 0 Å². The number of ether oxygens (including phenoxy) is 1. The summed E-state index contributed by atoms with van der Waals surface area (Å²) in [5, 5.41) is 0. The highest BCUT2D eigenvalue weighted by Gasteiger charge is 2.16. The third kappa shape index (κ3) is 4.74. The molecular weight excluding hydrogens is 308 g/mol. The van der Waals surface area contributed by atoms with Crippen LogP contribution in [-0.4, -0.2) is 32.7 Å². The molecule has 116 valence electrons. The molecule has 0 amide bonds. The van der Waals surface area contributed by atoms with Crippen molar-refractivity contribution >= 4 is 27.2 Å². The summed E-state index contributed by atoms with van der Waals surface area (Å²) in [7, 11) is -3.51. The van der Waals surface area contributed by atoms with E-state index in [4.69, 9.17) is 22.7 Å². The van der Waals surface area contributed by atoms with E-state index in [0.29, 0.717) is 18.3 Å². The number of hydrogen-bond donors (Lipinski definition) is 2. The largest absolute Gasteiger partial charge is 0.389 e. The fourth-order valence-corrected chi connectivity index (χ4v) is 3.49. The molecule has 1 aromatic carbocycles. The molecule has 2 rings (SSSR count). The maximum absolute atomic E-state index is 12.1. The lowest BCUT2D eigenvalue weighted by Gasteiger charge is -2.12. The number of nitrogens with one attached hydrogen (secondary N) is 1. The van der Waals surface area contributed by atoms with E-state index in [0.717, 1.165) is 12.8 Å². The average Bonchev–Trinajstić information content (AvgIpc) is 2.97. The molecule has 1 saturated carbocycles. The van der Waals surface area contributed by atoms with Crippen molar-refractivity contribution in [2.24, 2.45) is 5.73 Å². The molecule has 1 aliphatic rings. The standard InChI is InChI=1S/C14H20N2O3S2/c15-14(20)11-5-7-13(8-6-11)21(17,18)16-9-10-19-12-3-1-2-4-12/h5-8,12,16H,1-4,9-10H2,(H2,15,20). The second-order valence-corrected chi connectivity index (χ2v) is 7.27. The van der Waals surface area contributed by atoms with E-state index in [1.807, 2.05) is 0 Å². The highest BCUT2D eigenvalue weighted by atomic mass is 32.2. The predicted molar refractivity (Wildman–Crippen MR) is 85.7 cm³/mol. The molecule has 0 aliphatic heterocycles. The summed E-state index contributed by atoms with van der Waals surface area (Å²) in [4.78, 5) is 0.445. The van der Waals surface area contributed by atoms with Gasteiger partial charge in [0.05, 0.1) is 17.6 Å². The predicted octanol–water partition coefficient (Wildman–Crippen LogP) is 1.56. The van der Waals surface area contributed by atoms with Gasteiger partial charge < -0.3 is 10.5 Å². The molecule has 0 aromatic heterocycles. The van der Waals surface area contributed by atoms with Crippen molar-refractivity contribution in [1.29, 1.82) is 0 Å². The van der Waals surface area contributed by atoms with Crippen molar-refractivity contribution in [3.8, 4) is 0 Å². The number of benzene rings is 1. The van der Waals surface area contributed by atoms with Gasteiger partial charge in [0.25, 0.3) is 0 Å². The first-order chi connectivity index (χ1) is 9.99. The molecule has 1 fully saturated rings. The lowest BCUT2D eigenvalue weighted by atomic mass is 10.2. The van der Waals surface area contributed by atoms with Crippen LogP contribution in [0.25, 0.3) is 0 Å². The highest BCUT2D eigenvalue weighted by molar-refractivity contribution is 7.89. The van der Waals surface area contributed by atoms with Gasteiger partial charge >= 0.3 is 0 Å². The van der Waals surface area contributed by atoms with E-state index >= 15 is 0 Å². The smallest absolute Gasteiger partial charge is 0.240 e. The first-order valence-electron chi connectivity index (χ1n) is 7.00. The molecule has 3 N–H and O–H groups in total. The van der Waals surface area contributed by atoms with E-state index in [1.54, 1.807) is 12.1 Å². The lowest BCUT2D eigenvalue weighted by molar-refractivity contribution is 0.0626. The summed E-state index contributed by atoms with van der Waals surface area (Å²) in [5.74, 6) is 0. The van der Waals surface area contributed by atoms with Crippen molar-refractivity contribution in [2.45, 2.75) is 36.7 Å². The second kappa shape index (κ2) is 7.31. The van der Waals surface area contributed by atoms with Gasteiger partial charge in [-0.2, -0.15) is 0 Å². The van der Waals surface area contributed by atoms with Crippen LogP contribution in [0.3, 0.4) is 0 Å². The van der Waals surface area contributed by atoms with E-state index in [-0.39, 0.29) is 16.4 Å². The molecule has 5 nitrogen and oxygen atoms in total. The van der Waals surface area contributed by atoms with Crippen LogP contribution in [0.4, 0.5) is 0 Å². The zero-order valence-corrected chi connectivity index (χ0v) is 13.4. The normalized spacial score (nSPS) is 16.2. The van der Waals surface area contributed by atoms with Gasteiger partial charge in [-0.15, -0.1) is 0 Å². The molecule has 0 unspecified atom stereocenters. The first kappa shape index (κ1) is 16.4. The SMILES string of the molecule is NC(=S)c1ccc(S(=O)(=O)NCCOC2CCCC2)cc1. The van der Waals surface area contributed by atoms with E-state index < -0.39 is 10.0 Å². The van der Waals surface area contributed by atoms with Gasteiger partial charge in [-0.1, -0.05) is 37.2 Å². The van der Waals surface area contributed by atoms with Crippen molar-refractivity contribution < 1.29 is 13.2 Å². The summed E-state index contributed by atoms with van der Waals surface area (Å²) in [6, 6.07) is 6.20. The minimum atomic E-state index is -3.51. The Balaban J connectivity index is 1.84. The molecule has 1 aromatic rings. The van der Waals surface area contributed by atoms with Crippen molar-refractivity contribution in [1.82, 2.24) is 4.72 Å². The number of rotatable bonds is 7. The maximum Gasteiger partial charge on any atom is 0.240 e. The Morgan fingerprint density at radius 2 is 1.90 bits per heavy atom. The number of nitrogens with two attached hydrogens (primary N) is 1. The van der Waals surface area contributed by atoms with Crippen LogP contribution in [0.5, 0.6) is 0 Å². The van der Waals surface area contributed by atoms with E-state index in [2.05, 4.69) is 4.72 Å². The van der Waals surface area contributed by atoms with Gasteiger partial charge in [0.1, 0.15) is 4.99 Å². The zero-order chi connectivity index (χ0) is 15.3. The van der Waals surface area contributed by atoms with Crippen molar-refractivity contribution in [2.75, 3.05) is 13.2 Å². The van der Waals surface area contributed by atoms with Gasteiger partial charge in [-0.3, -0.25) is 0 Å². The Morgan fingerprint density at radius 1 is 1.29 bits per heavy atom. The van der Waals surface area contributed by atoms with Gasteiger partial charge in [0, 0.05) is 12.1 Å². The Hall–Kier alpha value is -1.02. The maximum atomic E-state index is 12.1. The number of thiocarbonyl (C=S) groups is 1. The lowest BCUT2D eigenvalue weighted by Crippen LogP contribution is -2.28. The second-order valence-electron chi connectivity index (χ2n) is 5.06. The number of hydrogen-bond acceptors (Lipinski definition) is 4. The van der Waals surface area contributed by atoms with Crippen LogP contribution in [0.2, 0.25) is 0 Å². The Kier molecular flexibility index (Phi) is 5.69. The molecule has 0 spiro atoms. The molecule has 21 heavy (non-hydrogen) atoms. The Morgan fingerprint density at radius 3 is 2.48 bits per heavy atom. The van der Waals surface area contributed by atoms with Crippen LogP contribution in [0.15, 0.2) is 29.2 Å². The summed E-state index contributed by atoms with van der Waals surface area (Å²) < 4.78 is 32.3. The van der Waals surface area contributed by atoms with Crippen LogP contribution < -0.4 is 10.5 Å². The van der Waals surface area contributed by atoms with Crippen LogP contribution in [0.1, 0.15) is 31.2 Å². The third-order valence-corrected chi connectivity index (χ3v) is 5.21. The van der Waals surface area contributed by atoms with Gasteiger partial charge in [0.2, 0.25) is 10.0 Å². The van der Waals surface area contributed by atoms with Crippen LogP contribution in [0, 0.1) is 0 Å². The minimum absolute atomic E-state index is 0.198. The van der Waals surface area contributed by atoms with Gasteiger partial charge in [0.15, 0.2) is 0 Å². The molecule has 0 atom stereocenters. The first-order valence-corrected chi connectivity index (χ1v) is 8.89. The Bertz CT molecular complexity index is 579. The van der Waals surface area contributed by atoms with E-state index in [9.17, 15) is 8.42 Å². The Labute approximate surface area is 130 Å². The molecular formula is C14H20N2O3S2. The fourth-order valence-electron chi connectivity index (χ4n) is 2.34. The minimum Gasteiger partial charge on any atom is -0.389 e. The molecule has 0 radical (unpaired) electrons. The molecule has 7 heteroatoms. The zero-order valence-electron chi connectivity index (χ0n) is 11.7. The van der Waals surface area contributed by atoms with E-state index in [1.165, 1.54) is 25.0 Å². The molecule has 0 saturated heterocycles.